The van der Waals surface area contributed by atoms with Crippen molar-refractivity contribution in [3.63, 3.8) is 0 Å². The molecule has 2 aromatic carbocycles. The molecule has 6 nitrogen and oxygen atoms in total. The molecule has 144 valence electrons. The van der Waals surface area contributed by atoms with Crippen LogP contribution in [0, 0.1) is 13.8 Å². The van der Waals surface area contributed by atoms with E-state index in [1.807, 2.05) is 32.0 Å². The van der Waals surface area contributed by atoms with E-state index < -0.39 is 11.1 Å². The third-order valence-corrected chi connectivity index (χ3v) is 5.23. The van der Waals surface area contributed by atoms with Gasteiger partial charge in [0.15, 0.2) is 0 Å². The number of anilines is 1. The molecule has 1 saturated heterocycles. The van der Waals surface area contributed by atoms with E-state index in [4.69, 9.17) is 0 Å². The highest BCUT2D eigenvalue weighted by atomic mass is 32.2. The summed E-state index contributed by atoms with van der Waals surface area (Å²) in [6, 6.07) is 12.2. The molecule has 1 aliphatic rings. The Hall–Kier alpha value is -3.06. The lowest BCUT2D eigenvalue weighted by Gasteiger charge is -2.12. The fourth-order valence-electron chi connectivity index (χ4n) is 2.83. The van der Waals surface area contributed by atoms with Crippen LogP contribution in [0.3, 0.4) is 0 Å². The number of rotatable bonds is 5. The second kappa shape index (κ2) is 8.31. The molecule has 0 aromatic heterocycles. The number of thioether (sulfide) groups is 1. The number of phenolic OH excluding ortho intramolecular Hbond substituents is 1. The molecular weight excluding hydrogens is 376 g/mol. The number of aryl methyl sites for hydroxylation is 2. The lowest BCUT2D eigenvalue weighted by atomic mass is 10.1. The van der Waals surface area contributed by atoms with Gasteiger partial charge in [-0.05, 0) is 54.9 Å². The normalized spacial score (nSPS) is 15.4. The first-order chi connectivity index (χ1) is 13.3. The molecule has 0 atom stereocenters. The Morgan fingerprint density at radius 1 is 1.18 bits per heavy atom. The number of carbonyl (C=O) groups is 3. The molecule has 0 aliphatic carbocycles. The lowest BCUT2D eigenvalue weighted by Crippen LogP contribution is -2.31. The Labute approximate surface area is 167 Å². The Bertz CT molecular complexity index is 984. The average Bonchev–Trinajstić information content (AvgIpc) is 2.91. The van der Waals surface area contributed by atoms with Gasteiger partial charge in [-0.2, -0.15) is 0 Å². The zero-order chi connectivity index (χ0) is 20.3. The van der Waals surface area contributed by atoms with E-state index in [0.29, 0.717) is 4.91 Å². The zero-order valence-electron chi connectivity index (χ0n) is 15.6. The standard InChI is InChI=1S/C21H20N2O4S/c1-13-7-8-15(14(2)11-13)12-18-20(26)23(21(27)28-18)10-9-19(25)22-16-5-3-4-6-17(16)24/h3-8,11-12,24H,9-10H2,1-2H3,(H,22,25)/b18-12-. The van der Waals surface area contributed by atoms with Crippen LogP contribution in [-0.2, 0) is 9.59 Å². The van der Waals surface area contributed by atoms with Gasteiger partial charge in [-0.25, -0.2) is 0 Å². The smallest absolute Gasteiger partial charge is 0.293 e. The van der Waals surface area contributed by atoms with Crippen molar-refractivity contribution in [2.75, 3.05) is 11.9 Å². The molecule has 1 heterocycles. The second-order valence-electron chi connectivity index (χ2n) is 6.51. The van der Waals surface area contributed by atoms with Crippen LogP contribution in [0.1, 0.15) is 23.1 Å². The van der Waals surface area contributed by atoms with E-state index in [-0.39, 0.29) is 30.3 Å². The Kier molecular flexibility index (Phi) is 5.84. The Morgan fingerprint density at radius 2 is 1.93 bits per heavy atom. The number of phenols is 1. The Morgan fingerprint density at radius 3 is 2.64 bits per heavy atom. The number of aromatic hydroxyl groups is 1. The molecule has 1 aliphatic heterocycles. The number of hydrogen-bond acceptors (Lipinski definition) is 5. The zero-order valence-corrected chi connectivity index (χ0v) is 16.4. The first-order valence-corrected chi connectivity index (χ1v) is 9.57. The molecule has 0 spiro atoms. The first kappa shape index (κ1) is 19.7. The average molecular weight is 396 g/mol. The summed E-state index contributed by atoms with van der Waals surface area (Å²) < 4.78 is 0. The third kappa shape index (κ3) is 4.43. The minimum absolute atomic E-state index is 0.0195. The number of carbonyl (C=O) groups excluding carboxylic acids is 3. The number of amides is 3. The van der Waals surface area contributed by atoms with E-state index in [1.165, 1.54) is 6.07 Å². The predicted molar refractivity (Wildman–Crippen MR) is 110 cm³/mol. The number of para-hydroxylation sites is 2. The van der Waals surface area contributed by atoms with E-state index in [9.17, 15) is 19.5 Å². The van der Waals surface area contributed by atoms with Crippen LogP contribution < -0.4 is 5.32 Å². The van der Waals surface area contributed by atoms with Crippen molar-refractivity contribution >= 4 is 40.6 Å². The maximum atomic E-state index is 12.6. The summed E-state index contributed by atoms with van der Waals surface area (Å²) in [7, 11) is 0. The minimum atomic E-state index is -0.398. The van der Waals surface area contributed by atoms with Crippen molar-refractivity contribution in [3.8, 4) is 5.75 Å². The molecule has 3 rings (SSSR count). The van der Waals surface area contributed by atoms with Gasteiger partial charge in [0.1, 0.15) is 5.75 Å². The highest BCUT2D eigenvalue weighted by molar-refractivity contribution is 8.18. The molecular formula is C21H20N2O4S. The van der Waals surface area contributed by atoms with Gasteiger partial charge in [0.25, 0.3) is 11.1 Å². The van der Waals surface area contributed by atoms with E-state index in [1.54, 1.807) is 24.3 Å². The SMILES string of the molecule is Cc1ccc(/C=C2\SC(=O)N(CCC(=O)Nc3ccccc3O)C2=O)c(C)c1. The third-order valence-electron chi connectivity index (χ3n) is 4.33. The molecule has 2 aromatic rings. The highest BCUT2D eigenvalue weighted by Gasteiger charge is 2.35. The molecule has 0 radical (unpaired) electrons. The quantitative estimate of drug-likeness (QED) is 0.588. The molecule has 28 heavy (non-hydrogen) atoms. The fraction of sp³-hybridized carbons (Fsp3) is 0.190. The molecule has 2 N–H and O–H groups in total. The van der Waals surface area contributed by atoms with Crippen molar-refractivity contribution in [2.24, 2.45) is 0 Å². The van der Waals surface area contributed by atoms with Crippen LogP contribution in [0.25, 0.3) is 6.08 Å². The number of nitrogens with one attached hydrogen (secondary N) is 1. The lowest BCUT2D eigenvalue weighted by molar-refractivity contribution is -0.123. The molecule has 0 saturated carbocycles. The largest absolute Gasteiger partial charge is 0.506 e. The highest BCUT2D eigenvalue weighted by Crippen LogP contribution is 2.33. The van der Waals surface area contributed by atoms with Crippen molar-refractivity contribution in [2.45, 2.75) is 20.3 Å². The summed E-state index contributed by atoms with van der Waals surface area (Å²) in [5, 5.41) is 11.9. The van der Waals surface area contributed by atoms with Crippen molar-refractivity contribution in [3.05, 3.63) is 64.1 Å². The minimum Gasteiger partial charge on any atom is -0.506 e. The predicted octanol–water partition coefficient (Wildman–Crippen LogP) is 4.07. The molecule has 1 fully saturated rings. The summed E-state index contributed by atoms with van der Waals surface area (Å²) >= 11 is 0.874. The molecule has 3 amide bonds. The topological polar surface area (TPSA) is 86.7 Å². The van der Waals surface area contributed by atoms with Gasteiger partial charge in [0.2, 0.25) is 5.91 Å². The van der Waals surface area contributed by atoms with E-state index >= 15 is 0 Å². The Balaban J connectivity index is 1.64. The van der Waals surface area contributed by atoms with Gasteiger partial charge in [-0.15, -0.1) is 0 Å². The van der Waals surface area contributed by atoms with Crippen LogP contribution in [0.2, 0.25) is 0 Å². The number of benzene rings is 2. The van der Waals surface area contributed by atoms with Gasteiger partial charge in [-0.1, -0.05) is 35.9 Å². The van der Waals surface area contributed by atoms with Crippen LogP contribution >= 0.6 is 11.8 Å². The van der Waals surface area contributed by atoms with Gasteiger partial charge < -0.3 is 10.4 Å². The van der Waals surface area contributed by atoms with E-state index in [2.05, 4.69) is 5.32 Å². The monoisotopic (exact) mass is 396 g/mol. The summed E-state index contributed by atoms with van der Waals surface area (Å²) in [5.74, 6) is -0.831. The molecule has 0 unspecified atom stereocenters. The summed E-state index contributed by atoms with van der Waals surface area (Å²) in [6.07, 6.45) is 1.66. The van der Waals surface area contributed by atoms with Crippen molar-refractivity contribution < 1.29 is 19.5 Å². The fourth-order valence-corrected chi connectivity index (χ4v) is 3.68. The van der Waals surface area contributed by atoms with Gasteiger partial charge in [-0.3, -0.25) is 19.3 Å². The van der Waals surface area contributed by atoms with Crippen LogP contribution in [0.15, 0.2) is 47.4 Å². The van der Waals surface area contributed by atoms with Crippen molar-refractivity contribution in [1.29, 1.82) is 0 Å². The molecule has 7 heteroatoms. The van der Waals surface area contributed by atoms with E-state index in [0.717, 1.165) is 33.4 Å². The summed E-state index contributed by atoms with van der Waals surface area (Å²) in [4.78, 5) is 38.3. The number of imide groups is 1. The van der Waals surface area contributed by atoms with Gasteiger partial charge >= 0.3 is 0 Å². The van der Waals surface area contributed by atoms with Gasteiger partial charge in [0.05, 0.1) is 10.6 Å². The number of nitrogens with zero attached hydrogens (tertiary/aromatic N) is 1. The van der Waals surface area contributed by atoms with Crippen LogP contribution in [0.4, 0.5) is 10.5 Å². The maximum Gasteiger partial charge on any atom is 0.293 e. The van der Waals surface area contributed by atoms with Crippen molar-refractivity contribution in [1.82, 2.24) is 4.90 Å². The van der Waals surface area contributed by atoms with Crippen LogP contribution in [0.5, 0.6) is 5.75 Å². The maximum absolute atomic E-state index is 12.6. The molecule has 0 bridgehead atoms. The number of hydrogen-bond donors (Lipinski definition) is 2. The summed E-state index contributed by atoms with van der Waals surface area (Å²) in [6.45, 7) is 3.92. The van der Waals surface area contributed by atoms with Gasteiger partial charge in [0, 0.05) is 13.0 Å². The second-order valence-corrected chi connectivity index (χ2v) is 7.50. The van der Waals surface area contributed by atoms with Crippen LogP contribution in [-0.4, -0.2) is 33.6 Å². The first-order valence-electron chi connectivity index (χ1n) is 8.75. The summed E-state index contributed by atoms with van der Waals surface area (Å²) in [5.41, 5.74) is 3.32.